The molecule has 0 radical (unpaired) electrons. The van der Waals surface area contributed by atoms with Crippen LogP contribution in [0, 0.1) is 0 Å². The summed E-state index contributed by atoms with van der Waals surface area (Å²) >= 11 is 0. The van der Waals surface area contributed by atoms with Gasteiger partial charge in [-0.3, -0.25) is 14.4 Å². The number of unbranched alkanes of at least 4 members (excludes halogenated alkanes) is 28. The van der Waals surface area contributed by atoms with E-state index in [4.69, 9.17) is 23.7 Å². The number of hydrogen-bond acceptors (Lipinski definition) is 11. The van der Waals surface area contributed by atoms with Crippen molar-refractivity contribution in [3.8, 4) is 0 Å². The fourth-order valence-corrected chi connectivity index (χ4v) is 9.40. The van der Waals surface area contributed by atoms with Gasteiger partial charge in [0.15, 0.2) is 24.6 Å². The first-order valence-electron chi connectivity index (χ1n) is 31.9. The van der Waals surface area contributed by atoms with Crippen molar-refractivity contribution in [3.05, 3.63) is 72.9 Å². The van der Waals surface area contributed by atoms with Gasteiger partial charge in [0, 0.05) is 19.3 Å². The number of aliphatic carboxylic acids is 1. The molecule has 0 amide bonds. The SMILES string of the molecule is CC/C=C\C/C=C\C/C=C\C/C=C\C/C=C\CCCC(=O)OC1C(OCC(COC(=O)CCCCCCCCCCCCCCCCCCCCC)OC(=O)CCCCCCC/C=C\CCCCCC)OC(C(=O)O)C(O)C1O. The Morgan fingerprint density at radius 3 is 1.28 bits per heavy atom. The van der Waals surface area contributed by atoms with Crippen LogP contribution in [0.4, 0.5) is 0 Å². The van der Waals surface area contributed by atoms with E-state index in [1.165, 1.54) is 122 Å². The summed E-state index contributed by atoms with van der Waals surface area (Å²) in [5, 5.41) is 31.5. The third-order valence-electron chi connectivity index (χ3n) is 14.3. The van der Waals surface area contributed by atoms with E-state index in [2.05, 4.69) is 81.5 Å². The zero-order chi connectivity index (χ0) is 57.5. The largest absolute Gasteiger partial charge is 0.479 e. The molecule has 12 nitrogen and oxygen atoms in total. The molecule has 454 valence electrons. The average molecular weight is 1110 g/mol. The van der Waals surface area contributed by atoms with Gasteiger partial charge < -0.3 is 39.0 Å². The smallest absolute Gasteiger partial charge is 0.335 e. The Hall–Kier alpha value is -3.84. The zero-order valence-electron chi connectivity index (χ0n) is 50.1. The second-order valence-corrected chi connectivity index (χ2v) is 21.7. The monoisotopic (exact) mass is 1110 g/mol. The lowest BCUT2D eigenvalue weighted by atomic mass is 9.98. The lowest BCUT2D eigenvalue weighted by Crippen LogP contribution is -2.61. The fraction of sp³-hybridized carbons (Fsp3) is 0.761. The number of allylic oxidation sites excluding steroid dienone is 12. The van der Waals surface area contributed by atoms with Crippen molar-refractivity contribution in [1.29, 1.82) is 0 Å². The second kappa shape index (κ2) is 54.7. The van der Waals surface area contributed by atoms with Crippen molar-refractivity contribution >= 4 is 23.9 Å². The Balaban J connectivity index is 2.67. The fourth-order valence-electron chi connectivity index (χ4n) is 9.40. The van der Waals surface area contributed by atoms with Crippen LogP contribution in [-0.4, -0.2) is 89.2 Å². The Morgan fingerprint density at radius 1 is 0.430 bits per heavy atom. The molecule has 0 saturated carbocycles. The molecule has 12 heteroatoms. The van der Waals surface area contributed by atoms with Gasteiger partial charge in [-0.1, -0.05) is 248 Å². The van der Waals surface area contributed by atoms with Crippen molar-refractivity contribution in [2.24, 2.45) is 0 Å². The summed E-state index contributed by atoms with van der Waals surface area (Å²) in [5.41, 5.74) is 0. The summed E-state index contributed by atoms with van der Waals surface area (Å²) in [6, 6.07) is 0. The summed E-state index contributed by atoms with van der Waals surface area (Å²) in [6.45, 7) is 5.86. The molecule has 1 rings (SSSR count). The Kier molecular flexibility index (Phi) is 50.7. The number of aliphatic hydroxyl groups excluding tert-OH is 2. The van der Waals surface area contributed by atoms with Gasteiger partial charge in [-0.25, -0.2) is 4.79 Å². The molecule has 1 saturated heterocycles. The van der Waals surface area contributed by atoms with Crippen molar-refractivity contribution in [3.63, 3.8) is 0 Å². The number of esters is 3. The summed E-state index contributed by atoms with van der Waals surface area (Å²) in [6.07, 6.45) is 57.3. The highest BCUT2D eigenvalue weighted by Gasteiger charge is 2.50. The molecule has 0 aromatic carbocycles. The molecule has 3 N–H and O–H groups in total. The molecule has 0 spiro atoms. The predicted octanol–water partition coefficient (Wildman–Crippen LogP) is 16.9. The van der Waals surface area contributed by atoms with Crippen molar-refractivity contribution in [2.75, 3.05) is 13.2 Å². The van der Waals surface area contributed by atoms with E-state index in [0.29, 0.717) is 25.7 Å². The van der Waals surface area contributed by atoms with E-state index < -0.39 is 67.3 Å². The lowest BCUT2D eigenvalue weighted by Gasteiger charge is -2.40. The minimum atomic E-state index is -1.92. The minimum Gasteiger partial charge on any atom is -0.479 e. The molecule has 0 bridgehead atoms. The number of aliphatic hydroxyl groups is 2. The van der Waals surface area contributed by atoms with Crippen LogP contribution < -0.4 is 0 Å². The Bertz CT molecular complexity index is 1650. The molecule has 1 heterocycles. The molecule has 79 heavy (non-hydrogen) atoms. The van der Waals surface area contributed by atoms with Crippen LogP contribution in [0.2, 0.25) is 0 Å². The quantitative estimate of drug-likeness (QED) is 0.0228. The number of carbonyl (C=O) groups excluding carboxylic acids is 3. The summed E-state index contributed by atoms with van der Waals surface area (Å²) in [7, 11) is 0. The number of carboxylic acid groups (broad SMARTS) is 1. The first kappa shape index (κ1) is 73.2. The highest BCUT2D eigenvalue weighted by molar-refractivity contribution is 5.74. The molecular weight excluding hydrogens is 997 g/mol. The topological polar surface area (TPSA) is 175 Å². The van der Waals surface area contributed by atoms with Crippen LogP contribution >= 0.6 is 0 Å². The number of carbonyl (C=O) groups is 4. The van der Waals surface area contributed by atoms with E-state index in [1.54, 1.807) is 0 Å². The van der Waals surface area contributed by atoms with Gasteiger partial charge in [0.2, 0.25) is 0 Å². The third kappa shape index (κ3) is 44.5. The molecule has 6 unspecified atom stereocenters. The normalized spacial score (nSPS) is 18.3. The Labute approximate surface area is 480 Å². The summed E-state index contributed by atoms with van der Waals surface area (Å²) in [4.78, 5) is 51.2. The maximum Gasteiger partial charge on any atom is 0.335 e. The van der Waals surface area contributed by atoms with Gasteiger partial charge in [0.05, 0.1) is 6.61 Å². The van der Waals surface area contributed by atoms with Crippen molar-refractivity contribution in [1.82, 2.24) is 0 Å². The molecule has 1 fully saturated rings. The van der Waals surface area contributed by atoms with Crippen LogP contribution in [0.25, 0.3) is 0 Å². The highest BCUT2D eigenvalue weighted by atomic mass is 16.7. The second-order valence-electron chi connectivity index (χ2n) is 21.7. The predicted molar refractivity (Wildman–Crippen MR) is 322 cm³/mol. The van der Waals surface area contributed by atoms with Crippen LogP contribution in [0.3, 0.4) is 0 Å². The third-order valence-corrected chi connectivity index (χ3v) is 14.3. The molecule has 6 atom stereocenters. The molecule has 1 aliphatic rings. The van der Waals surface area contributed by atoms with Crippen LogP contribution in [-0.2, 0) is 42.9 Å². The summed E-state index contributed by atoms with van der Waals surface area (Å²) in [5.74, 6) is -3.19. The van der Waals surface area contributed by atoms with E-state index in [0.717, 1.165) is 89.9 Å². The van der Waals surface area contributed by atoms with Gasteiger partial charge >= 0.3 is 23.9 Å². The van der Waals surface area contributed by atoms with Crippen LogP contribution in [0.1, 0.15) is 278 Å². The van der Waals surface area contributed by atoms with Gasteiger partial charge in [-0.05, 0) is 83.5 Å². The van der Waals surface area contributed by atoms with Crippen molar-refractivity contribution < 1.29 is 58.2 Å². The first-order chi connectivity index (χ1) is 38.6. The zero-order valence-corrected chi connectivity index (χ0v) is 50.1. The van der Waals surface area contributed by atoms with Crippen LogP contribution in [0.15, 0.2) is 72.9 Å². The number of carboxylic acids is 1. The van der Waals surface area contributed by atoms with Gasteiger partial charge in [0.1, 0.15) is 18.8 Å². The van der Waals surface area contributed by atoms with E-state index >= 15 is 0 Å². The number of ether oxygens (including phenoxy) is 5. The van der Waals surface area contributed by atoms with Crippen molar-refractivity contribution in [2.45, 2.75) is 314 Å². The maximum absolute atomic E-state index is 13.2. The first-order valence-corrected chi connectivity index (χ1v) is 31.9. The lowest BCUT2D eigenvalue weighted by molar-refractivity contribution is -0.301. The van der Waals surface area contributed by atoms with Gasteiger partial charge in [0.25, 0.3) is 0 Å². The maximum atomic E-state index is 13.2. The minimum absolute atomic E-state index is 0.0192. The molecular formula is C67H114O12. The molecule has 0 aromatic rings. The average Bonchev–Trinajstić information content (AvgIpc) is 3.46. The van der Waals surface area contributed by atoms with E-state index in [9.17, 15) is 34.5 Å². The number of hydrogen-bond donors (Lipinski definition) is 3. The summed E-state index contributed by atoms with van der Waals surface area (Å²) < 4.78 is 28.4. The molecule has 1 aliphatic heterocycles. The van der Waals surface area contributed by atoms with E-state index in [1.807, 2.05) is 12.2 Å². The van der Waals surface area contributed by atoms with Gasteiger partial charge in [-0.2, -0.15) is 0 Å². The highest BCUT2D eigenvalue weighted by Crippen LogP contribution is 2.26. The number of rotatable bonds is 54. The Morgan fingerprint density at radius 2 is 0.810 bits per heavy atom. The molecule has 0 aromatic heterocycles. The van der Waals surface area contributed by atoms with Gasteiger partial charge in [-0.15, -0.1) is 0 Å². The standard InChI is InChI=1S/C67H114O12/c1-4-7-10-13-16-19-22-25-27-29-30-32-33-36-38-41-44-47-50-53-59(68)75-56-58(77-60(69)54-51-48-45-42-39-35-24-21-18-15-12-9-6-3)57-76-67-65(63(72)62(71)64(79-67)66(73)74)78-61(70)55-52-49-46-43-40-37-34-31-28-26-23-20-17-14-11-8-5-2/h8,11,17,20-21,24,26,28,34,37,43,46,58,62-65,67,71-72H,4-7,9-10,12-16,18-19,22-23,25,27,29-33,35-36,38-42,44-45,47-57H2,1-3H3,(H,73,74)/b11-8-,20-17-,24-21-,28-26-,37-34-,46-43-. The van der Waals surface area contributed by atoms with Crippen LogP contribution in [0.5, 0.6) is 0 Å². The van der Waals surface area contributed by atoms with E-state index in [-0.39, 0.29) is 25.9 Å². The molecule has 0 aliphatic carbocycles.